The molecule has 0 radical (unpaired) electrons. The highest BCUT2D eigenvalue weighted by Gasteiger charge is 2.04. The van der Waals surface area contributed by atoms with Crippen molar-refractivity contribution in [1.82, 2.24) is 0 Å². The predicted octanol–water partition coefficient (Wildman–Crippen LogP) is 1.22. The van der Waals surface area contributed by atoms with Gasteiger partial charge < -0.3 is 9.52 Å². The lowest BCUT2D eigenvalue weighted by atomic mass is 10.2. The number of aryl methyl sites for hydroxylation is 1. The van der Waals surface area contributed by atoms with Crippen LogP contribution in [-0.4, -0.2) is 5.11 Å². The zero-order chi connectivity index (χ0) is 8.43. The van der Waals surface area contributed by atoms with Crippen LogP contribution in [-0.2, 0) is 6.42 Å². The van der Waals surface area contributed by atoms with Gasteiger partial charge in [0, 0.05) is 12.0 Å². The Labute approximate surface area is 64.3 Å². The minimum Gasteiger partial charge on any atom is -0.507 e. The molecule has 3 heteroatoms. The minimum atomic E-state index is -0.495. The monoisotopic (exact) mass is 154 g/mol. The maximum Gasteiger partial charge on any atom is 0.339 e. The molecule has 0 aliphatic heterocycles. The van der Waals surface area contributed by atoms with Gasteiger partial charge in [0.1, 0.15) is 11.5 Å². The lowest BCUT2D eigenvalue weighted by molar-refractivity contribution is 0.419. The van der Waals surface area contributed by atoms with E-state index < -0.39 is 5.63 Å². The van der Waals surface area contributed by atoms with Crippen LogP contribution in [0.25, 0.3) is 0 Å². The van der Waals surface area contributed by atoms with Crippen molar-refractivity contribution in [3.63, 3.8) is 0 Å². The van der Waals surface area contributed by atoms with E-state index in [0.717, 1.165) is 6.07 Å². The summed E-state index contributed by atoms with van der Waals surface area (Å²) in [6.45, 7) is 3.59. The molecule has 0 amide bonds. The molecule has 0 saturated heterocycles. The van der Waals surface area contributed by atoms with E-state index in [1.165, 1.54) is 0 Å². The Morgan fingerprint density at radius 3 is 2.82 bits per heavy atom. The van der Waals surface area contributed by atoms with E-state index in [2.05, 4.69) is 0 Å². The lowest BCUT2D eigenvalue weighted by Crippen LogP contribution is -2.00. The summed E-state index contributed by atoms with van der Waals surface area (Å²) in [6, 6.07) is 1.08. The highest BCUT2D eigenvalue weighted by molar-refractivity contribution is 5.30. The van der Waals surface area contributed by atoms with Gasteiger partial charge in [-0.15, -0.1) is 0 Å². The van der Waals surface area contributed by atoms with Gasteiger partial charge in [-0.1, -0.05) is 6.92 Å². The Bertz CT molecular complexity index is 312. The Morgan fingerprint density at radius 2 is 2.27 bits per heavy atom. The van der Waals surface area contributed by atoms with Crippen molar-refractivity contribution in [2.75, 3.05) is 0 Å². The maximum absolute atomic E-state index is 10.7. The van der Waals surface area contributed by atoms with Crippen LogP contribution in [0.5, 0.6) is 5.75 Å². The van der Waals surface area contributed by atoms with E-state index in [-0.39, 0.29) is 5.75 Å². The quantitative estimate of drug-likeness (QED) is 0.661. The second-order valence-corrected chi connectivity index (χ2v) is 2.35. The summed E-state index contributed by atoms with van der Waals surface area (Å²) < 4.78 is 4.82. The van der Waals surface area contributed by atoms with E-state index in [4.69, 9.17) is 9.52 Å². The normalized spacial score (nSPS) is 10.0. The molecule has 0 aliphatic rings. The van der Waals surface area contributed by atoms with E-state index in [9.17, 15) is 4.79 Å². The summed E-state index contributed by atoms with van der Waals surface area (Å²) in [5.74, 6) is 0.563. The molecular formula is C8H10O3. The van der Waals surface area contributed by atoms with Crippen LogP contribution >= 0.6 is 0 Å². The van der Waals surface area contributed by atoms with Crippen LogP contribution < -0.4 is 5.63 Å². The van der Waals surface area contributed by atoms with E-state index >= 15 is 0 Å². The number of hydrogen-bond acceptors (Lipinski definition) is 3. The topological polar surface area (TPSA) is 50.4 Å². The summed E-state index contributed by atoms with van der Waals surface area (Å²) in [5.41, 5.74) is 0.150. The molecular weight excluding hydrogens is 144 g/mol. The number of aromatic hydroxyl groups is 1. The molecule has 0 aromatic carbocycles. The maximum atomic E-state index is 10.7. The van der Waals surface area contributed by atoms with Crippen LogP contribution in [0.2, 0.25) is 0 Å². The van der Waals surface area contributed by atoms with Crippen molar-refractivity contribution < 1.29 is 9.52 Å². The van der Waals surface area contributed by atoms with Crippen molar-refractivity contribution in [1.29, 1.82) is 0 Å². The molecule has 0 fully saturated rings. The summed E-state index contributed by atoms with van der Waals surface area (Å²) in [5, 5.41) is 9.15. The Kier molecular flexibility index (Phi) is 1.98. The standard InChI is InChI=1S/C8H10O3/c1-3-7-5(2)6(9)4-8(10)11-7/h4,9H,3H2,1-2H3. The highest BCUT2D eigenvalue weighted by Crippen LogP contribution is 2.16. The summed E-state index contributed by atoms with van der Waals surface area (Å²) in [7, 11) is 0. The van der Waals surface area contributed by atoms with Gasteiger partial charge in [0.25, 0.3) is 0 Å². The first kappa shape index (κ1) is 7.85. The number of hydrogen-bond donors (Lipinski definition) is 1. The van der Waals surface area contributed by atoms with Gasteiger partial charge in [-0.25, -0.2) is 4.79 Å². The third kappa shape index (κ3) is 1.42. The fourth-order valence-electron chi connectivity index (χ4n) is 0.927. The molecule has 0 unspecified atom stereocenters. The summed E-state index contributed by atoms with van der Waals surface area (Å²) in [6.07, 6.45) is 0.621. The van der Waals surface area contributed by atoms with Gasteiger partial charge in [-0.05, 0) is 6.92 Å². The van der Waals surface area contributed by atoms with Crippen LogP contribution in [0.1, 0.15) is 18.2 Å². The van der Waals surface area contributed by atoms with Crippen molar-refractivity contribution in [3.05, 3.63) is 27.8 Å². The van der Waals surface area contributed by atoms with Crippen molar-refractivity contribution in [2.24, 2.45) is 0 Å². The first-order chi connectivity index (χ1) is 5.15. The average Bonchev–Trinajstić information content (AvgIpc) is 1.96. The third-order valence-electron chi connectivity index (χ3n) is 1.60. The van der Waals surface area contributed by atoms with Crippen LogP contribution in [0.4, 0.5) is 0 Å². The predicted molar refractivity (Wildman–Crippen MR) is 40.8 cm³/mol. The second-order valence-electron chi connectivity index (χ2n) is 2.35. The van der Waals surface area contributed by atoms with E-state index in [0.29, 0.717) is 17.7 Å². The first-order valence-corrected chi connectivity index (χ1v) is 3.47. The zero-order valence-electron chi connectivity index (χ0n) is 6.55. The smallest absolute Gasteiger partial charge is 0.339 e. The van der Waals surface area contributed by atoms with Crippen LogP contribution in [0.15, 0.2) is 15.3 Å². The lowest BCUT2D eigenvalue weighted by Gasteiger charge is -2.01. The molecule has 0 bridgehead atoms. The summed E-state index contributed by atoms with van der Waals surface area (Å²) >= 11 is 0. The molecule has 1 N–H and O–H groups in total. The highest BCUT2D eigenvalue weighted by atomic mass is 16.4. The Morgan fingerprint density at radius 1 is 1.64 bits per heavy atom. The Balaban J connectivity index is 3.36. The molecule has 0 spiro atoms. The fraction of sp³-hybridized carbons (Fsp3) is 0.375. The van der Waals surface area contributed by atoms with Crippen molar-refractivity contribution in [2.45, 2.75) is 20.3 Å². The molecule has 1 aromatic rings. The molecule has 1 heterocycles. The molecule has 0 aliphatic carbocycles. The van der Waals surface area contributed by atoms with Crippen LogP contribution in [0.3, 0.4) is 0 Å². The van der Waals surface area contributed by atoms with Crippen molar-refractivity contribution in [3.8, 4) is 5.75 Å². The van der Waals surface area contributed by atoms with E-state index in [1.807, 2.05) is 6.92 Å². The van der Waals surface area contributed by atoms with Gasteiger partial charge in [-0.3, -0.25) is 0 Å². The fourth-order valence-corrected chi connectivity index (χ4v) is 0.927. The molecule has 1 rings (SSSR count). The largest absolute Gasteiger partial charge is 0.507 e. The molecule has 0 saturated carbocycles. The molecule has 0 atom stereocenters. The van der Waals surface area contributed by atoms with Gasteiger partial charge in [0.05, 0.1) is 6.07 Å². The van der Waals surface area contributed by atoms with Gasteiger partial charge in [0.2, 0.25) is 0 Å². The van der Waals surface area contributed by atoms with Gasteiger partial charge in [0.15, 0.2) is 0 Å². The Hall–Kier alpha value is -1.25. The molecule has 11 heavy (non-hydrogen) atoms. The van der Waals surface area contributed by atoms with Gasteiger partial charge >= 0.3 is 5.63 Å². The second kappa shape index (κ2) is 2.78. The van der Waals surface area contributed by atoms with Crippen LogP contribution in [0, 0.1) is 6.92 Å². The summed E-state index contributed by atoms with van der Waals surface area (Å²) in [4.78, 5) is 10.7. The number of rotatable bonds is 1. The first-order valence-electron chi connectivity index (χ1n) is 3.47. The SMILES string of the molecule is CCc1oc(=O)cc(O)c1C. The molecule has 1 aromatic heterocycles. The molecule has 60 valence electrons. The zero-order valence-corrected chi connectivity index (χ0v) is 6.55. The average molecular weight is 154 g/mol. The van der Waals surface area contributed by atoms with Crippen molar-refractivity contribution >= 4 is 0 Å². The molecule has 3 nitrogen and oxygen atoms in total. The minimum absolute atomic E-state index is 0.0121. The van der Waals surface area contributed by atoms with Gasteiger partial charge in [-0.2, -0.15) is 0 Å². The van der Waals surface area contributed by atoms with E-state index in [1.54, 1.807) is 6.92 Å². The third-order valence-corrected chi connectivity index (χ3v) is 1.60.